The molecular formula is C29H31N3O2S. The Hall–Kier alpha value is -3.51. The lowest BCUT2D eigenvalue weighted by molar-refractivity contribution is -0.121. The zero-order valence-corrected chi connectivity index (χ0v) is 20.8. The van der Waals surface area contributed by atoms with E-state index in [1.807, 2.05) is 60.7 Å². The molecule has 6 heteroatoms. The molecule has 1 atom stereocenters. The molecule has 4 rings (SSSR count). The number of carbonyl (C=O) groups is 1. The molecule has 0 fully saturated rings. The predicted octanol–water partition coefficient (Wildman–Crippen LogP) is 5.96. The molecule has 35 heavy (non-hydrogen) atoms. The van der Waals surface area contributed by atoms with Gasteiger partial charge in [0.05, 0.1) is 10.9 Å². The van der Waals surface area contributed by atoms with E-state index in [-0.39, 0.29) is 23.4 Å². The van der Waals surface area contributed by atoms with Gasteiger partial charge in [0.2, 0.25) is 5.91 Å². The number of amides is 1. The summed E-state index contributed by atoms with van der Waals surface area (Å²) in [5.74, 6) is 0.136. The summed E-state index contributed by atoms with van der Waals surface area (Å²) < 4.78 is 2.05. The molecule has 3 aromatic carbocycles. The number of benzene rings is 3. The number of nitrogens with one attached hydrogen (secondary N) is 2. The number of carbonyl (C=O) groups excluding carboxylic acids is 1. The normalized spacial score (nSPS) is 12.1. The number of para-hydroxylation sites is 1. The fourth-order valence-corrected chi connectivity index (χ4v) is 4.92. The van der Waals surface area contributed by atoms with Crippen LogP contribution in [0, 0.1) is 4.77 Å². The Balaban J connectivity index is 1.30. The van der Waals surface area contributed by atoms with Crippen molar-refractivity contribution in [1.29, 1.82) is 0 Å². The average Bonchev–Trinajstić information content (AvgIpc) is 2.87. The Morgan fingerprint density at radius 3 is 2.14 bits per heavy atom. The highest BCUT2D eigenvalue weighted by atomic mass is 32.1. The van der Waals surface area contributed by atoms with Crippen LogP contribution < -0.4 is 10.9 Å². The van der Waals surface area contributed by atoms with Gasteiger partial charge in [-0.05, 0) is 55.2 Å². The maximum atomic E-state index is 12.8. The molecular weight excluding hydrogens is 454 g/mol. The smallest absolute Gasteiger partial charge is 0.262 e. The monoisotopic (exact) mass is 485 g/mol. The molecule has 180 valence electrons. The molecule has 1 amide bonds. The molecule has 0 aliphatic rings. The Morgan fingerprint density at radius 1 is 0.886 bits per heavy atom. The molecule has 5 nitrogen and oxygen atoms in total. The second-order valence-corrected chi connectivity index (χ2v) is 9.29. The summed E-state index contributed by atoms with van der Waals surface area (Å²) >= 11 is 5.38. The highest BCUT2D eigenvalue weighted by Crippen LogP contribution is 2.28. The van der Waals surface area contributed by atoms with Gasteiger partial charge in [-0.15, -0.1) is 0 Å². The Bertz CT molecular complexity index is 1340. The van der Waals surface area contributed by atoms with Gasteiger partial charge in [-0.25, -0.2) is 0 Å². The predicted molar refractivity (Wildman–Crippen MR) is 144 cm³/mol. The van der Waals surface area contributed by atoms with Gasteiger partial charge in [0.15, 0.2) is 4.77 Å². The molecule has 1 aromatic heterocycles. The van der Waals surface area contributed by atoms with E-state index in [1.54, 1.807) is 4.57 Å². The van der Waals surface area contributed by atoms with Gasteiger partial charge < -0.3 is 10.3 Å². The van der Waals surface area contributed by atoms with E-state index in [9.17, 15) is 9.59 Å². The quantitative estimate of drug-likeness (QED) is 0.215. The van der Waals surface area contributed by atoms with Crippen molar-refractivity contribution in [1.82, 2.24) is 14.9 Å². The minimum atomic E-state index is -0.0659. The van der Waals surface area contributed by atoms with Crippen LogP contribution >= 0.6 is 12.2 Å². The average molecular weight is 486 g/mol. The van der Waals surface area contributed by atoms with E-state index in [2.05, 4.69) is 41.5 Å². The highest BCUT2D eigenvalue weighted by molar-refractivity contribution is 7.71. The molecule has 0 saturated heterocycles. The summed E-state index contributed by atoms with van der Waals surface area (Å²) in [7, 11) is 0. The zero-order valence-electron chi connectivity index (χ0n) is 19.9. The van der Waals surface area contributed by atoms with Crippen LogP contribution in [0.25, 0.3) is 10.9 Å². The van der Waals surface area contributed by atoms with Gasteiger partial charge in [-0.2, -0.15) is 0 Å². The molecule has 0 aliphatic heterocycles. The maximum absolute atomic E-state index is 12.8. The van der Waals surface area contributed by atoms with Crippen molar-refractivity contribution in [3.8, 4) is 0 Å². The lowest BCUT2D eigenvalue weighted by Gasteiger charge is -2.26. The maximum Gasteiger partial charge on any atom is 0.262 e. The van der Waals surface area contributed by atoms with Crippen molar-refractivity contribution in [2.45, 2.75) is 51.1 Å². The van der Waals surface area contributed by atoms with Crippen LogP contribution in [0.1, 0.15) is 49.7 Å². The van der Waals surface area contributed by atoms with Crippen molar-refractivity contribution < 1.29 is 4.79 Å². The van der Waals surface area contributed by atoms with Gasteiger partial charge in [-0.3, -0.25) is 14.2 Å². The SMILES string of the molecule is CC(NC(=O)CCCCCn1c(=S)[nH]c2ccccc2c1=O)C(c1ccccc1)c1ccccc1. The number of unbranched alkanes of at least 4 members (excludes halogenated alkanes) is 2. The fourth-order valence-electron chi connectivity index (χ4n) is 4.63. The van der Waals surface area contributed by atoms with Crippen molar-refractivity contribution in [3.05, 3.63) is 111 Å². The molecule has 0 radical (unpaired) electrons. The van der Waals surface area contributed by atoms with Crippen LogP contribution in [0.3, 0.4) is 0 Å². The van der Waals surface area contributed by atoms with Crippen LogP contribution in [0.5, 0.6) is 0 Å². The van der Waals surface area contributed by atoms with E-state index >= 15 is 0 Å². The number of hydrogen-bond acceptors (Lipinski definition) is 3. The van der Waals surface area contributed by atoms with Crippen LogP contribution in [-0.2, 0) is 11.3 Å². The molecule has 0 bridgehead atoms. The number of fused-ring (bicyclic) bond motifs is 1. The van der Waals surface area contributed by atoms with Gasteiger partial charge in [0, 0.05) is 24.9 Å². The van der Waals surface area contributed by atoms with Crippen molar-refractivity contribution in [3.63, 3.8) is 0 Å². The third-order valence-electron chi connectivity index (χ3n) is 6.38. The number of nitrogens with zero attached hydrogens (tertiary/aromatic N) is 1. The number of rotatable bonds is 10. The van der Waals surface area contributed by atoms with Crippen LogP contribution in [0.2, 0.25) is 0 Å². The third kappa shape index (κ3) is 6.14. The zero-order chi connectivity index (χ0) is 24.6. The first kappa shape index (κ1) is 24.6. The topological polar surface area (TPSA) is 66.9 Å². The first-order chi connectivity index (χ1) is 17.0. The lowest BCUT2D eigenvalue weighted by atomic mass is 9.85. The Morgan fingerprint density at radius 2 is 1.49 bits per heavy atom. The second-order valence-electron chi connectivity index (χ2n) is 8.90. The Kier molecular flexibility index (Phi) is 8.27. The highest BCUT2D eigenvalue weighted by Gasteiger charge is 2.22. The number of hydrogen-bond donors (Lipinski definition) is 2. The molecule has 1 unspecified atom stereocenters. The summed E-state index contributed by atoms with van der Waals surface area (Å²) in [6.07, 6.45) is 2.85. The largest absolute Gasteiger partial charge is 0.353 e. The molecule has 0 saturated carbocycles. The molecule has 1 heterocycles. The minimum absolute atomic E-state index is 0.0400. The van der Waals surface area contributed by atoms with Crippen molar-refractivity contribution >= 4 is 29.0 Å². The standard InChI is InChI=1S/C29H31N3O2S/c1-21(27(22-13-5-2-6-14-22)23-15-7-3-8-16-23)30-26(33)19-9-4-12-20-32-28(34)24-17-10-11-18-25(24)31-29(32)35/h2-3,5-8,10-11,13-18,21,27H,4,9,12,19-20H2,1H3,(H,30,33)(H,31,35). The van der Waals surface area contributed by atoms with Gasteiger partial charge >= 0.3 is 0 Å². The summed E-state index contributed by atoms with van der Waals surface area (Å²) in [5, 5.41) is 3.85. The van der Waals surface area contributed by atoms with Crippen LogP contribution in [0.4, 0.5) is 0 Å². The van der Waals surface area contributed by atoms with E-state index in [0.29, 0.717) is 23.1 Å². The van der Waals surface area contributed by atoms with Crippen LogP contribution in [-0.4, -0.2) is 21.5 Å². The van der Waals surface area contributed by atoms with E-state index in [0.717, 1.165) is 24.8 Å². The fraction of sp³-hybridized carbons (Fsp3) is 0.276. The van der Waals surface area contributed by atoms with Gasteiger partial charge in [-0.1, -0.05) is 79.2 Å². The molecule has 4 aromatic rings. The number of H-pyrrole nitrogens is 1. The number of aromatic nitrogens is 2. The number of aromatic amines is 1. The Labute approximate surface area is 210 Å². The summed E-state index contributed by atoms with van der Waals surface area (Å²) in [6, 6.07) is 28.0. The molecule has 0 aliphatic carbocycles. The first-order valence-electron chi connectivity index (χ1n) is 12.2. The second kappa shape index (κ2) is 11.8. The minimum Gasteiger partial charge on any atom is -0.353 e. The summed E-state index contributed by atoms with van der Waals surface area (Å²) in [4.78, 5) is 28.6. The first-order valence-corrected chi connectivity index (χ1v) is 12.6. The van der Waals surface area contributed by atoms with Crippen molar-refractivity contribution in [2.24, 2.45) is 0 Å². The van der Waals surface area contributed by atoms with E-state index < -0.39 is 0 Å². The van der Waals surface area contributed by atoms with Gasteiger partial charge in [0.25, 0.3) is 5.56 Å². The summed E-state index contributed by atoms with van der Waals surface area (Å²) in [5.41, 5.74) is 3.06. The van der Waals surface area contributed by atoms with E-state index in [1.165, 1.54) is 11.1 Å². The third-order valence-corrected chi connectivity index (χ3v) is 6.70. The summed E-state index contributed by atoms with van der Waals surface area (Å²) in [6.45, 7) is 2.61. The van der Waals surface area contributed by atoms with Gasteiger partial charge in [0.1, 0.15) is 0 Å². The molecule has 0 spiro atoms. The van der Waals surface area contributed by atoms with Crippen molar-refractivity contribution in [2.75, 3.05) is 0 Å². The van der Waals surface area contributed by atoms with E-state index in [4.69, 9.17) is 12.2 Å². The van der Waals surface area contributed by atoms with Crippen LogP contribution in [0.15, 0.2) is 89.7 Å². The lowest BCUT2D eigenvalue weighted by Crippen LogP contribution is -2.37. The molecule has 2 N–H and O–H groups in total.